The van der Waals surface area contributed by atoms with Gasteiger partial charge in [-0.05, 0) is 18.1 Å². The first-order valence-corrected chi connectivity index (χ1v) is 8.79. The van der Waals surface area contributed by atoms with Crippen molar-refractivity contribution in [3.63, 3.8) is 0 Å². The van der Waals surface area contributed by atoms with Crippen LogP contribution in [0.25, 0.3) is 0 Å². The van der Waals surface area contributed by atoms with Crippen molar-refractivity contribution in [3.05, 3.63) is 0 Å². The Bertz CT molecular complexity index is 229. The smallest absolute Gasteiger partial charge is 0.308 e. The lowest BCUT2D eigenvalue weighted by Gasteiger charge is -2.36. The van der Waals surface area contributed by atoms with Crippen LogP contribution >= 0.6 is 0 Å². The van der Waals surface area contributed by atoms with E-state index in [9.17, 15) is 4.79 Å². The van der Waals surface area contributed by atoms with Gasteiger partial charge in [-0.3, -0.25) is 4.79 Å². The van der Waals surface area contributed by atoms with Crippen LogP contribution in [0.2, 0.25) is 18.1 Å². The average Bonchev–Trinajstić information content (AvgIpc) is 2.09. The van der Waals surface area contributed by atoms with Crippen LogP contribution in [-0.2, 0) is 14.0 Å². The maximum absolute atomic E-state index is 11.2. The van der Waals surface area contributed by atoms with E-state index in [0.29, 0.717) is 13.2 Å². The van der Waals surface area contributed by atoms with Crippen LogP contribution in [0, 0.1) is 5.92 Å². The molecule has 0 bridgehead atoms. The lowest BCUT2D eigenvalue weighted by Crippen LogP contribution is -2.41. The summed E-state index contributed by atoms with van der Waals surface area (Å²) in [5.74, 6) is -0.216. The summed E-state index contributed by atoms with van der Waals surface area (Å²) >= 11 is 0. The largest absolute Gasteiger partial charge is 0.463 e. The predicted octanol–water partition coefficient (Wildman–Crippen LogP) is 3.21. The van der Waals surface area contributed by atoms with Gasteiger partial charge in [-0.2, -0.15) is 0 Å². The second-order valence-electron chi connectivity index (χ2n) is 5.93. The molecule has 0 radical (unpaired) electrons. The van der Waals surface area contributed by atoms with Crippen molar-refractivity contribution in [1.82, 2.24) is 0 Å². The zero-order chi connectivity index (χ0) is 13.0. The molecule has 0 aliphatic rings. The maximum atomic E-state index is 11.2. The van der Waals surface area contributed by atoms with E-state index in [1.165, 1.54) is 0 Å². The number of rotatable bonds is 5. The Kier molecular flexibility index (Phi) is 5.69. The maximum Gasteiger partial charge on any atom is 0.308 e. The van der Waals surface area contributed by atoms with Gasteiger partial charge in [0.2, 0.25) is 0 Å². The van der Waals surface area contributed by atoms with Gasteiger partial charge in [0.1, 0.15) is 6.61 Å². The van der Waals surface area contributed by atoms with Gasteiger partial charge in [0.05, 0.1) is 12.5 Å². The van der Waals surface area contributed by atoms with Crippen LogP contribution in [0.15, 0.2) is 0 Å². The molecule has 0 aromatic rings. The fourth-order valence-electron chi connectivity index (χ4n) is 0.822. The molecule has 96 valence electrons. The van der Waals surface area contributed by atoms with Crippen LogP contribution in [0.3, 0.4) is 0 Å². The SMILES string of the molecule is CC(C)C(=O)OCCO[Si](C)(C)C(C)(C)C. The minimum absolute atomic E-state index is 0.0622. The number of hydrogen-bond acceptors (Lipinski definition) is 3. The van der Waals surface area contributed by atoms with E-state index in [4.69, 9.17) is 9.16 Å². The number of esters is 1. The lowest BCUT2D eigenvalue weighted by atomic mass is 10.2. The summed E-state index contributed by atoms with van der Waals surface area (Å²) in [5, 5.41) is 0.203. The van der Waals surface area contributed by atoms with Gasteiger partial charge in [-0.15, -0.1) is 0 Å². The fourth-order valence-corrected chi connectivity index (χ4v) is 1.85. The normalized spacial score (nSPS) is 13.0. The van der Waals surface area contributed by atoms with Gasteiger partial charge < -0.3 is 9.16 Å². The van der Waals surface area contributed by atoms with E-state index in [1.807, 2.05) is 13.8 Å². The highest BCUT2D eigenvalue weighted by atomic mass is 28.4. The molecule has 0 saturated heterocycles. The molecule has 0 fully saturated rings. The molecular weight excluding hydrogens is 220 g/mol. The van der Waals surface area contributed by atoms with Gasteiger partial charge in [-0.1, -0.05) is 34.6 Å². The average molecular weight is 246 g/mol. The highest BCUT2D eigenvalue weighted by Gasteiger charge is 2.36. The fraction of sp³-hybridized carbons (Fsp3) is 0.917. The molecule has 4 heteroatoms. The zero-order valence-electron chi connectivity index (χ0n) is 11.7. The van der Waals surface area contributed by atoms with E-state index in [2.05, 4.69) is 33.9 Å². The summed E-state index contributed by atoms with van der Waals surface area (Å²) in [7, 11) is -1.70. The standard InChI is InChI=1S/C12H26O3Si/c1-10(2)11(13)14-8-9-15-16(6,7)12(3,4)5/h10H,8-9H2,1-7H3. The van der Waals surface area contributed by atoms with Crippen molar-refractivity contribution in [2.75, 3.05) is 13.2 Å². The van der Waals surface area contributed by atoms with Crippen LogP contribution in [0.5, 0.6) is 0 Å². The Labute approximate surface area is 101 Å². The Morgan fingerprint density at radius 2 is 1.69 bits per heavy atom. The molecule has 0 heterocycles. The van der Waals surface area contributed by atoms with Gasteiger partial charge in [0.15, 0.2) is 8.32 Å². The number of hydrogen-bond donors (Lipinski definition) is 0. The van der Waals surface area contributed by atoms with Crippen LogP contribution in [0.1, 0.15) is 34.6 Å². The highest BCUT2D eigenvalue weighted by Crippen LogP contribution is 2.36. The molecule has 0 aliphatic heterocycles. The second kappa shape index (κ2) is 5.82. The van der Waals surface area contributed by atoms with Crippen LogP contribution < -0.4 is 0 Å². The number of carbonyl (C=O) groups excluding carboxylic acids is 1. The van der Waals surface area contributed by atoms with Crippen molar-refractivity contribution in [1.29, 1.82) is 0 Å². The molecule has 0 rings (SSSR count). The molecule has 0 aliphatic carbocycles. The van der Waals surface area contributed by atoms with Crippen LogP contribution in [0.4, 0.5) is 0 Å². The monoisotopic (exact) mass is 246 g/mol. The Morgan fingerprint density at radius 1 is 1.19 bits per heavy atom. The molecule has 0 atom stereocenters. The molecule has 0 N–H and O–H groups in total. The van der Waals surface area contributed by atoms with Crippen molar-refractivity contribution in [2.24, 2.45) is 5.92 Å². The minimum Gasteiger partial charge on any atom is -0.463 e. The van der Waals surface area contributed by atoms with Crippen molar-refractivity contribution >= 4 is 14.3 Å². The van der Waals surface area contributed by atoms with Crippen LogP contribution in [-0.4, -0.2) is 27.5 Å². The summed E-state index contributed by atoms with van der Waals surface area (Å²) in [6.07, 6.45) is 0. The molecule has 0 aromatic carbocycles. The molecule has 0 aromatic heterocycles. The first kappa shape index (κ1) is 15.6. The predicted molar refractivity (Wildman–Crippen MR) is 68.9 cm³/mol. The number of ether oxygens (including phenoxy) is 1. The summed E-state index contributed by atoms with van der Waals surface area (Å²) in [6, 6.07) is 0. The molecule has 3 nitrogen and oxygen atoms in total. The van der Waals surface area contributed by atoms with Crippen molar-refractivity contribution in [2.45, 2.75) is 52.8 Å². The summed E-state index contributed by atoms with van der Waals surface area (Å²) in [5.41, 5.74) is 0. The minimum atomic E-state index is -1.70. The molecule has 0 unspecified atom stereocenters. The molecule has 16 heavy (non-hydrogen) atoms. The quantitative estimate of drug-likeness (QED) is 0.424. The second-order valence-corrected chi connectivity index (χ2v) is 10.7. The zero-order valence-corrected chi connectivity index (χ0v) is 12.7. The molecule has 0 saturated carbocycles. The van der Waals surface area contributed by atoms with E-state index >= 15 is 0 Å². The molecular formula is C12H26O3Si. The third-order valence-corrected chi connectivity index (χ3v) is 7.61. The van der Waals surface area contributed by atoms with Gasteiger partial charge >= 0.3 is 5.97 Å². The Morgan fingerprint density at radius 3 is 2.06 bits per heavy atom. The third kappa shape index (κ3) is 5.12. The van der Waals surface area contributed by atoms with Crippen molar-refractivity contribution in [3.8, 4) is 0 Å². The number of carbonyl (C=O) groups is 1. The first-order valence-electron chi connectivity index (χ1n) is 5.88. The van der Waals surface area contributed by atoms with E-state index in [0.717, 1.165) is 0 Å². The Balaban J connectivity index is 3.88. The van der Waals surface area contributed by atoms with Gasteiger partial charge in [0, 0.05) is 0 Å². The van der Waals surface area contributed by atoms with Gasteiger partial charge in [-0.25, -0.2) is 0 Å². The third-order valence-electron chi connectivity index (χ3n) is 3.07. The highest BCUT2D eigenvalue weighted by molar-refractivity contribution is 6.74. The molecule has 0 amide bonds. The Hall–Kier alpha value is -0.353. The van der Waals surface area contributed by atoms with E-state index in [1.54, 1.807) is 0 Å². The first-order chi connectivity index (χ1) is 7.08. The lowest BCUT2D eigenvalue weighted by molar-refractivity contribution is -0.148. The van der Waals surface area contributed by atoms with Crippen molar-refractivity contribution < 1.29 is 14.0 Å². The summed E-state index contributed by atoms with van der Waals surface area (Å²) in [4.78, 5) is 11.2. The molecule has 0 spiro atoms. The van der Waals surface area contributed by atoms with Gasteiger partial charge in [0.25, 0.3) is 0 Å². The van der Waals surface area contributed by atoms with E-state index < -0.39 is 8.32 Å². The summed E-state index contributed by atoms with van der Waals surface area (Å²) < 4.78 is 11.0. The topological polar surface area (TPSA) is 35.5 Å². The summed E-state index contributed by atoms with van der Waals surface area (Å²) in [6.45, 7) is 15.5. The van der Waals surface area contributed by atoms with E-state index in [-0.39, 0.29) is 16.9 Å².